The number of ketones is 1. The lowest BCUT2D eigenvalue weighted by molar-refractivity contribution is -0.134. The first kappa shape index (κ1) is 39.6. The van der Waals surface area contributed by atoms with E-state index in [1.807, 2.05) is 97.1 Å². The lowest BCUT2D eigenvalue weighted by Crippen LogP contribution is -2.34. The van der Waals surface area contributed by atoms with E-state index in [9.17, 15) is 13.2 Å². The zero-order valence-electron chi connectivity index (χ0n) is 29.6. The number of aryl methyl sites for hydroxylation is 2. The summed E-state index contributed by atoms with van der Waals surface area (Å²) in [5, 5.41) is 3.10. The second kappa shape index (κ2) is 18.7. The number of nitrogens with one attached hydrogen (secondary N) is 2. The number of ether oxygens (including phenoxy) is 1. The Morgan fingerprint density at radius 2 is 1.85 bits per heavy atom. The van der Waals surface area contributed by atoms with Gasteiger partial charge in [0, 0.05) is 38.2 Å². The number of benzene rings is 2. The summed E-state index contributed by atoms with van der Waals surface area (Å²) in [4.78, 5) is 16.9. The van der Waals surface area contributed by atoms with Gasteiger partial charge < -0.3 is 15.5 Å². The van der Waals surface area contributed by atoms with Gasteiger partial charge in [-0.25, -0.2) is 8.42 Å². The molecular weight excluding hydrogens is 611 g/mol. The zero-order valence-corrected chi connectivity index (χ0v) is 30.4. The number of rotatable bonds is 11. The number of sulfonamides is 1. The molecule has 3 aromatic rings. The van der Waals surface area contributed by atoms with Gasteiger partial charge in [-0.1, -0.05) is 77.1 Å². The molecule has 47 heavy (non-hydrogen) atoms. The maximum Gasteiger partial charge on any atom is 0.243 e. The Hall–Kier alpha value is -3.57. The van der Waals surface area contributed by atoms with Gasteiger partial charge in [-0.15, -0.1) is 0 Å². The highest BCUT2D eigenvalue weighted by molar-refractivity contribution is 7.89. The Bertz CT molecular complexity index is 1560. The molecule has 1 aromatic heterocycles. The number of pyridine rings is 1. The van der Waals surface area contributed by atoms with Crippen LogP contribution in [0, 0.1) is 25.2 Å². The molecule has 2 aromatic carbocycles. The van der Waals surface area contributed by atoms with Crippen molar-refractivity contribution in [3.63, 3.8) is 0 Å². The number of hydrazine groups is 1. The lowest BCUT2D eigenvalue weighted by Gasteiger charge is -2.33. The van der Waals surface area contributed by atoms with E-state index < -0.39 is 21.5 Å². The summed E-state index contributed by atoms with van der Waals surface area (Å²) in [5.41, 5.74) is 7.20. The van der Waals surface area contributed by atoms with Crippen molar-refractivity contribution in [2.24, 2.45) is 17.2 Å². The second-order valence-corrected chi connectivity index (χ2v) is 14.2. The molecule has 2 atom stereocenters. The number of fused-ring (bicyclic) bond motifs is 1. The monoisotopic (exact) mass is 665 g/mol. The maximum atomic E-state index is 13.7. The third-order valence-corrected chi connectivity index (χ3v) is 10.1. The summed E-state index contributed by atoms with van der Waals surface area (Å²) in [5.74, 6) is 5.84. The van der Waals surface area contributed by atoms with Crippen molar-refractivity contribution in [2.45, 2.75) is 86.3 Å². The van der Waals surface area contributed by atoms with Gasteiger partial charge in [0.25, 0.3) is 0 Å². The van der Waals surface area contributed by atoms with Gasteiger partial charge in [-0.3, -0.25) is 15.6 Å². The van der Waals surface area contributed by atoms with Crippen LogP contribution in [0.2, 0.25) is 0 Å². The molecule has 0 saturated carbocycles. The SMILES string of the molecule is CC.CCN/C=C(/CO[C@H](c1ccc(C)c(CN2C[C@@H](C)Cc3ccccc3S2(=O)=O)c1)C(C)(C)C(C)=O)NN.Cc1cccnc1. The van der Waals surface area contributed by atoms with Crippen molar-refractivity contribution >= 4 is 15.8 Å². The molecule has 258 valence electrons. The van der Waals surface area contributed by atoms with Gasteiger partial charge in [0.2, 0.25) is 10.0 Å². The normalized spacial score (nSPS) is 16.6. The molecule has 0 fully saturated rings. The molecule has 10 heteroatoms. The fourth-order valence-corrected chi connectivity index (χ4v) is 6.96. The Morgan fingerprint density at radius 1 is 1.15 bits per heavy atom. The molecule has 0 bridgehead atoms. The van der Waals surface area contributed by atoms with Crippen molar-refractivity contribution in [1.29, 1.82) is 0 Å². The van der Waals surface area contributed by atoms with Crippen LogP contribution in [-0.4, -0.2) is 43.2 Å². The number of nitrogens with zero attached hydrogens (tertiary/aromatic N) is 2. The molecular formula is C37H55N5O4S. The van der Waals surface area contributed by atoms with Crippen LogP contribution in [0.15, 0.2) is 83.8 Å². The van der Waals surface area contributed by atoms with Gasteiger partial charge in [-0.05, 0) is 80.0 Å². The van der Waals surface area contributed by atoms with E-state index in [4.69, 9.17) is 10.6 Å². The van der Waals surface area contributed by atoms with Crippen LogP contribution in [0.3, 0.4) is 0 Å². The molecule has 4 rings (SSSR count). The van der Waals surface area contributed by atoms with Crippen molar-refractivity contribution in [3.05, 3.63) is 107 Å². The molecule has 2 heterocycles. The Balaban J connectivity index is 0.000000743. The minimum atomic E-state index is -3.66. The largest absolute Gasteiger partial charge is 0.390 e. The predicted octanol–water partition coefficient (Wildman–Crippen LogP) is 6.38. The quantitative estimate of drug-likeness (QED) is 0.159. The average Bonchev–Trinajstić information content (AvgIpc) is 3.14. The smallest absolute Gasteiger partial charge is 0.243 e. The van der Waals surface area contributed by atoms with E-state index in [0.29, 0.717) is 23.6 Å². The molecule has 0 saturated heterocycles. The summed E-state index contributed by atoms with van der Waals surface area (Å²) < 4.78 is 35.2. The number of aromatic nitrogens is 1. The van der Waals surface area contributed by atoms with E-state index in [1.54, 1.807) is 35.8 Å². The molecule has 0 radical (unpaired) electrons. The van der Waals surface area contributed by atoms with E-state index >= 15 is 0 Å². The van der Waals surface area contributed by atoms with Crippen molar-refractivity contribution in [1.82, 2.24) is 20.0 Å². The lowest BCUT2D eigenvalue weighted by atomic mass is 9.78. The molecule has 0 spiro atoms. The standard InChI is InChI=1S/C29H42N4O4S.C6H7N.C2H6/c1-7-31-16-26(32-30)19-37-28(29(5,6)22(4)34)24-13-12-21(3)25(15-24)18-33-17-20(2)14-23-10-8-9-11-27(23)38(33,35)36;1-6-3-2-4-7-5-6;1-2/h8-13,15-16,20,28,31-32H,7,14,17-19,30H2,1-6H3;2-5H,1H3;1-2H3/b26-16-;;/t20-,28+;;/m0../s1. The van der Waals surface area contributed by atoms with E-state index in [0.717, 1.165) is 28.8 Å². The molecule has 1 aliphatic heterocycles. The van der Waals surface area contributed by atoms with Crippen LogP contribution in [0.1, 0.15) is 82.4 Å². The van der Waals surface area contributed by atoms with E-state index in [2.05, 4.69) is 22.7 Å². The first-order valence-electron chi connectivity index (χ1n) is 16.4. The summed E-state index contributed by atoms with van der Waals surface area (Å²) in [6, 6.07) is 17.1. The van der Waals surface area contributed by atoms with Crippen LogP contribution in [0.4, 0.5) is 0 Å². The Morgan fingerprint density at radius 3 is 2.43 bits per heavy atom. The van der Waals surface area contributed by atoms with Crippen LogP contribution >= 0.6 is 0 Å². The molecule has 0 aliphatic carbocycles. The van der Waals surface area contributed by atoms with Gasteiger partial charge in [0.05, 0.1) is 28.7 Å². The number of hydrogen-bond acceptors (Lipinski definition) is 8. The number of hydrogen-bond donors (Lipinski definition) is 3. The van der Waals surface area contributed by atoms with Gasteiger partial charge >= 0.3 is 0 Å². The molecule has 1 aliphatic rings. The van der Waals surface area contributed by atoms with Gasteiger partial charge in [0.1, 0.15) is 5.78 Å². The van der Waals surface area contributed by atoms with E-state index in [1.165, 1.54) is 5.56 Å². The molecule has 0 amide bonds. The third kappa shape index (κ3) is 11.0. The summed E-state index contributed by atoms with van der Waals surface area (Å²) in [7, 11) is -3.66. The number of nitrogens with two attached hydrogens (primary N) is 1. The Labute approximate surface area is 283 Å². The number of carbonyl (C=O) groups is 1. The van der Waals surface area contributed by atoms with Crippen LogP contribution < -0.4 is 16.6 Å². The van der Waals surface area contributed by atoms with Gasteiger partial charge in [0.15, 0.2) is 0 Å². The molecule has 0 unspecified atom stereocenters. The summed E-state index contributed by atoms with van der Waals surface area (Å²) >= 11 is 0. The highest BCUT2D eigenvalue weighted by Crippen LogP contribution is 2.39. The molecule has 4 N–H and O–H groups in total. The van der Waals surface area contributed by atoms with Crippen LogP contribution in [-0.2, 0) is 32.5 Å². The van der Waals surface area contributed by atoms with Crippen LogP contribution in [0.5, 0.6) is 0 Å². The predicted molar refractivity (Wildman–Crippen MR) is 191 cm³/mol. The fourth-order valence-electron chi connectivity index (χ4n) is 5.19. The van der Waals surface area contributed by atoms with Crippen molar-refractivity contribution in [3.8, 4) is 0 Å². The number of Topliss-reactive ketones (excluding diaryl/α,β-unsaturated/α-hetero) is 1. The first-order valence-corrected chi connectivity index (χ1v) is 17.8. The minimum Gasteiger partial charge on any atom is -0.390 e. The zero-order chi connectivity index (χ0) is 35.2. The fraction of sp³-hybridized carbons (Fsp3) is 0.459. The topological polar surface area (TPSA) is 127 Å². The average molecular weight is 666 g/mol. The first-order chi connectivity index (χ1) is 22.3. The van der Waals surface area contributed by atoms with Crippen LogP contribution in [0.25, 0.3) is 0 Å². The maximum absolute atomic E-state index is 13.7. The Kier molecular flexibility index (Phi) is 15.7. The van der Waals surface area contributed by atoms with Crippen molar-refractivity contribution in [2.75, 3.05) is 19.7 Å². The second-order valence-electron chi connectivity index (χ2n) is 12.3. The third-order valence-electron chi connectivity index (χ3n) is 8.14. The van der Waals surface area contributed by atoms with E-state index in [-0.39, 0.29) is 24.9 Å². The highest BCUT2D eigenvalue weighted by atomic mass is 32.2. The van der Waals surface area contributed by atoms with Gasteiger partial charge in [-0.2, -0.15) is 4.31 Å². The molecule has 9 nitrogen and oxygen atoms in total. The summed E-state index contributed by atoms with van der Waals surface area (Å²) in [6.07, 6.45) is 5.50. The minimum absolute atomic E-state index is 0.0110. The van der Waals surface area contributed by atoms with Crippen molar-refractivity contribution < 1.29 is 17.9 Å². The number of carbonyl (C=O) groups excluding carboxylic acids is 1. The summed E-state index contributed by atoms with van der Waals surface area (Å²) in [6.45, 7) is 18.9. The highest BCUT2D eigenvalue weighted by Gasteiger charge is 2.37.